The minimum Gasteiger partial charge on any atom is -0.379 e. The number of benzene rings is 2. The quantitative estimate of drug-likeness (QED) is 0.702. The van der Waals surface area contributed by atoms with E-state index in [4.69, 9.17) is 4.74 Å². The molecule has 0 saturated carbocycles. The molecule has 0 radical (unpaired) electrons. The molecule has 1 aliphatic rings. The minimum absolute atomic E-state index is 0.121. The summed E-state index contributed by atoms with van der Waals surface area (Å²) >= 11 is 0. The maximum absolute atomic E-state index is 12.3. The van der Waals surface area contributed by atoms with Crippen LogP contribution in [0.25, 0.3) is 0 Å². The van der Waals surface area contributed by atoms with Crippen molar-refractivity contribution >= 4 is 17.6 Å². The summed E-state index contributed by atoms with van der Waals surface area (Å²) in [6, 6.07) is 17.5. The van der Waals surface area contributed by atoms with E-state index in [1.54, 1.807) is 11.9 Å². The fourth-order valence-corrected chi connectivity index (χ4v) is 3.34. The van der Waals surface area contributed by atoms with Crippen LogP contribution in [-0.4, -0.2) is 61.6 Å². The van der Waals surface area contributed by atoms with Gasteiger partial charge in [0, 0.05) is 51.9 Å². The summed E-state index contributed by atoms with van der Waals surface area (Å²) in [7, 11) is 1.74. The van der Waals surface area contributed by atoms with Crippen molar-refractivity contribution in [3.8, 4) is 0 Å². The van der Waals surface area contributed by atoms with E-state index in [1.165, 1.54) is 0 Å². The van der Waals surface area contributed by atoms with E-state index >= 15 is 0 Å². The fraction of sp³-hybridized carbons (Fsp3) is 0.391. The van der Waals surface area contributed by atoms with Gasteiger partial charge in [0.25, 0.3) is 0 Å². The first-order valence-electron chi connectivity index (χ1n) is 10.3. The highest BCUT2D eigenvalue weighted by atomic mass is 16.5. The first-order chi connectivity index (χ1) is 14.6. The lowest BCUT2D eigenvalue weighted by Crippen LogP contribution is -2.38. The number of carbonyl (C=O) groups excluding carboxylic acids is 2. The second-order valence-electron chi connectivity index (χ2n) is 7.46. The molecule has 30 heavy (non-hydrogen) atoms. The maximum Gasteiger partial charge on any atom is 0.317 e. The molecule has 160 valence electrons. The van der Waals surface area contributed by atoms with Crippen molar-refractivity contribution in [1.29, 1.82) is 0 Å². The first kappa shape index (κ1) is 21.8. The van der Waals surface area contributed by atoms with Gasteiger partial charge in [-0.25, -0.2) is 4.79 Å². The van der Waals surface area contributed by atoms with Crippen LogP contribution in [0.5, 0.6) is 0 Å². The van der Waals surface area contributed by atoms with Gasteiger partial charge in [-0.2, -0.15) is 0 Å². The summed E-state index contributed by atoms with van der Waals surface area (Å²) in [5.74, 6) is -0.121. The van der Waals surface area contributed by atoms with E-state index in [1.807, 2.05) is 48.5 Å². The van der Waals surface area contributed by atoms with E-state index in [0.29, 0.717) is 6.54 Å². The number of carbonyl (C=O) groups is 2. The summed E-state index contributed by atoms with van der Waals surface area (Å²) in [5.41, 5.74) is 2.99. The Morgan fingerprint density at radius 2 is 1.77 bits per heavy atom. The van der Waals surface area contributed by atoms with E-state index in [0.717, 1.165) is 49.7 Å². The molecule has 1 heterocycles. The van der Waals surface area contributed by atoms with Crippen molar-refractivity contribution in [2.24, 2.45) is 0 Å². The number of nitrogens with zero attached hydrogens (tertiary/aromatic N) is 2. The van der Waals surface area contributed by atoms with Gasteiger partial charge in [-0.05, 0) is 23.3 Å². The van der Waals surface area contributed by atoms with Crippen LogP contribution >= 0.6 is 0 Å². The summed E-state index contributed by atoms with van der Waals surface area (Å²) in [6.45, 7) is 5.04. The summed E-state index contributed by atoms with van der Waals surface area (Å²) in [6.07, 6.45) is 0.221. The Hall–Kier alpha value is -2.90. The van der Waals surface area contributed by atoms with E-state index in [-0.39, 0.29) is 24.9 Å². The number of anilines is 1. The van der Waals surface area contributed by atoms with Crippen molar-refractivity contribution in [3.63, 3.8) is 0 Å². The van der Waals surface area contributed by atoms with Crippen LogP contribution < -0.4 is 10.6 Å². The SMILES string of the molecule is CN(Cc1ccccc1)C(=O)NCCC(=O)Nc1cccc(CN2CCOCC2)c1. The van der Waals surface area contributed by atoms with Crippen LogP contribution in [0.2, 0.25) is 0 Å². The average Bonchev–Trinajstić information content (AvgIpc) is 2.75. The molecular formula is C23H30N4O3. The molecule has 1 aliphatic heterocycles. The number of nitrogens with one attached hydrogen (secondary N) is 2. The number of morpholine rings is 1. The second-order valence-corrected chi connectivity index (χ2v) is 7.46. The lowest BCUT2D eigenvalue weighted by molar-refractivity contribution is -0.116. The number of urea groups is 1. The monoisotopic (exact) mass is 410 g/mol. The summed E-state index contributed by atoms with van der Waals surface area (Å²) in [4.78, 5) is 28.4. The van der Waals surface area contributed by atoms with Crippen LogP contribution in [0.3, 0.4) is 0 Å². The predicted octanol–water partition coefficient (Wildman–Crippen LogP) is 2.69. The Balaban J connectivity index is 1.39. The number of hydrogen-bond donors (Lipinski definition) is 2. The Kier molecular flexibility index (Phi) is 8.23. The molecule has 0 spiro atoms. The van der Waals surface area contributed by atoms with Gasteiger partial charge in [0.15, 0.2) is 0 Å². The normalized spacial score (nSPS) is 14.2. The topological polar surface area (TPSA) is 73.9 Å². The molecule has 1 fully saturated rings. The van der Waals surface area contributed by atoms with Gasteiger partial charge in [0.05, 0.1) is 13.2 Å². The molecule has 7 nitrogen and oxygen atoms in total. The molecule has 0 bridgehead atoms. The number of ether oxygens (including phenoxy) is 1. The zero-order valence-corrected chi connectivity index (χ0v) is 17.5. The van der Waals surface area contributed by atoms with Gasteiger partial charge in [0.1, 0.15) is 0 Å². The van der Waals surface area contributed by atoms with Crippen molar-refractivity contribution in [3.05, 3.63) is 65.7 Å². The van der Waals surface area contributed by atoms with Crippen LogP contribution in [-0.2, 0) is 22.6 Å². The van der Waals surface area contributed by atoms with Gasteiger partial charge < -0.3 is 20.3 Å². The molecule has 1 saturated heterocycles. The second kappa shape index (κ2) is 11.3. The van der Waals surface area contributed by atoms with Gasteiger partial charge in [-0.15, -0.1) is 0 Å². The molecule has 3 rings (SSSR count). The highest BCUT2D eigenvalue weighted by Crippen LogP contribution is 2.14. The van der Waals surface area contributed by atoms with Crippen LogP contribution in [0.4, 0.5) is 10.5 Å². The van der Waals surface area contributed by atoms with Crippen molar-refractivity contribution < 1.29 is 14.3 Å². The molecule has 0 aliphatic carbocycles. The number of hydrogen-bond acceptors (Lipinski definition) is 4. The van der Waals surface area contributed by atoms with Crippen LogP contribution in [0.1, 0.15) is 17.5 Å². The van der Waals surface area contributed by atoms with Crippen molar-refractivity contribution in [2.75, 3.05) is 45.2 Å². The molecule has 0 atom stereocenters. The fourth-order valence-electron chi connectivity index (χ4n) is 3.34. The minimum atomic E-state index is -0.195. The third-order valence-corrected chi connectivity index (χ3v) is 4.96. The van der Waals surface area contributed by atoms with Crippen LogP contribution in [0, 0.1) is 0 Å². The average molecular weight is 411 g/mol. The summed E-state index contributed by atoms with van der Waals surface area (Å²) < 4.78 is 5.38. The molecule has 3 amide bonds. The van der Waals surface area contributed by atoms with Crippen LogP contribution in [0.15, 0.2) is 54.6 Å². The Morgan fingerprint density at radius 1 is 1.03 bits per heavy atom. The number of rotatable bonds is 8. The standard InChI is InChI=1S/C23H30N4O3/c1-26(17-19-6-3-2-4-7-19)23(29)24-11-10-22(28)25-21-9-5-8-20(16-21)18-27-12-14-30-15-13-27/h2-9,16H,10-15,17-18H2,1H3,(H,24,29)(H,25,28). The van der Waals surface area contributed by atoms with Gasteiger partial charge in [0.2, 0.25) is 5.91 Å². The van der Waals surface area contributed by atoms with Gasteiger partial charge in [-0.1, -0.05) is 42.5 Å². The zero-order chi connectivity index (χ0) is 21.2. The predicted molar refractivity (Wildman–Crippen MR) is 117 cm³/mol. The third kappa shape index (κ3) is 7.17. The lowest BCUT2D eigenvalue weighted by atomic mass is 10.1. The number of amides is 3. The first-order valence-corrected chi connectivity index (χ1v) is 10.3. The largest absolute Gasteiger partial charge is 0.379 e. The van der Waals surface area contributed by atoms with Crippen molar-refractivity contribution in [1.82, 2.24) is 15.1 Å². The molecule has 2 N–H and O–H groups in total. The Bertz CT molecular complexity index is 822. The maximum atomic E-state index is 12.3. The van der Waals surface area contributed by atoms with Gasteiger partial charge >= 0.3 is 6.03 Å². The molecular weight excluding hydrogens is 380 g/mol. The van der Waals surface area contributed by atoms with E-state index < -0.39 is 0 Å². The highest BCUT2D eigenvalue weighted by Gasteiger charge is 2.12. The lowest BCUT2D eigenvalue weighted by Gasteiger charge is -2.26. The summed E-state index contributed by atoms with van der Waals surface area (Å²) in [5, 5.41) is 5.71. The van der Waals surface area contributed by atoms with E-state index in [2.05, 4.69) is 21.6 Å². The molecule has 2 aromatic rings. The zero-order valence-electron chi connectivity index (χ0n) is 17.5. The van der Waals surface area contributed by atoms with Gasteiger partial charge in [-0.3, -0.25) is 9.69 Å². The van der Waals surface area contributed by atoms with E-state index in [9.17, 15) is 9.59 Å². The van der Waals surface area contributed by atoms with Crippen molar-refractivity contribution in [2.45, 2.75) is 19.5 Å². The molecule has 7 heteroatoms. The smallest absolute Gasteiger partial charge is 0.317 e. The molecule has 2 aromatic carbocycles. The molecule has 0 unspecified atom stereocenters. The highest BCUT2D eigenvalue weighted by molar-refractivity contribution is 5.91. The molecule has 0 aromatic heterocycles. The Morgan fingerprint density at radius 3 is 2.53 bits per heavy atom. The Labute approximate surface area is 178 Å². The third-order valence-electron chi connectivity index (χ3n) is 4.96.